The summed E-state index contributed by atoms with van der Waals surface area (Å²) in [4.78, 5) is 31.7. The maximum Gasteiger partial charge on any atom is 0.108 e. The van der Waals surface area contributed by atoms with Crippen molar-refractivity contribution in [3.8, 4) is 0 Å². The van der Waals surface area contributed by atoms with Crippen molar-refractivity contribution in [1.82, 2.24) is 4.90 Å². The summed E-state index contributed by atoms with van der Waals surface area (Å²) in [5, 5.41) is 29.4. The third-order valence-electron chi connectivity index (χ3n) is 5.28. The molecule has 0 aromatic heterocycles. The second-order valence-corrected chi connectivity index (χ2v) is 7.83. The van der Waals surface area contributed by atoms with Gasteiger partial charge in [-0.2, -0.15) is 0 Å². The van der Waals surface area contributed by atoms with Crippen molar-refractivity contribution in [2.75, 3.05) is 19.6 Å². The Hall–Kier alpha value is -3.49. The fourth-order valence-corrected chi connectivity index (χ4v) is 3.65. The molecule has 3 rings (SSSR count). The summed E-state index contributed by atoms with van der Waals surface area (Å²) in [7, 11) is 0. The smallest absolute Gasteiger partial charge is 0.108 e. The van der Waals surface area contributed by atoms with Gasteiger partial charge < -0.3 is 39.3 Å². The standard InChI is InChI=1S/C22H27NO3.C4H4O4/c24-21(25)12-7-15-23-16-13-20(14-17-23)26-22(18-8-3-1-4-9-18)19-10-5-2-6-11-19;5-3(6)1-2-4(7)8/h1-6,8-11,20,22H,7,12-17H2,(H,24,25);1-2H,(H,5,6)(H,7,8)/p-3/b;2-1+. The first-order valence-electron chi connectivity index (χ1n) is 11.1. The summed E-state index contributed by atoms with van der Waals surface area (Å²) in [5.74, 6) is -4.06. The van der Waals surface area contributed by atoms with Crippen molar-refractivity contribution in [2.24, 2.45) is 0 Å². The van der Waals surface area contributed by atoms with Crippen molar-refractivity contribution in [1.29, 1.82) is 0 Å². The summed E-state index contributed by atoms with van der Waals surface area (Å²) < 4.78 is 6.52. The highest BCUT2D eigenvalue weighted by Gasteiger charge is 2.24. The third kappa shape index (κ3) is 10.4. The molecule has 2 aromatic carbocycles. The molecule has 0 radical (unpaired) electrons. The molecule has 0 aliphatic carbocycles. The molecule has 0 unspecified atom stereocenters. The van der Waals surface area contributed by atoms with Gasteiger partial charge in [0.05, 0.1) is 18.0 Å². The first kappa shape index (κ1) is 26.8. The number of ether oxygens (including phenoxy) is 1. The maximum absolute atomic E-state index is 10.5. The zero-order valence-electron chi connectivity index (χ0n) is 18.8. The van der Waals surface area contributed by atoms with E-state index in [9.17, 15) is 29.7 Å². The van der Waals surface area contributed by atoms with Gasteiger partial charge in [-0.15, -0.1) is 0 Å². The monoisotopic (exact) mass is 466 g/mol. The van der Waals surface area contributed by atoms with Gasteiger partial charge >= 0.3 is 0 Å². The van der Waals surface area contributed by atoms with E-state index in [2.05, 4.69) is 53.4 Å². The van der Waals surface area contributed by atoms with Crippen LogP contribution in [0.2, 0.25) is 0 Å². The highest BCUT2D eigenvalue weighted by Crippen LogP contribution is 2.29. The van der Waals surface area contributed by atoms with Crippen LogP contribution in [0.5, 0.6) is 0 Å². The highest BCUT2D eigenvalue weighted by atomic mass is 16.5. The van der Waals surface area contributed by atoms with Crippen molar-refractivity contribution in [2.45, 2.75) is 37.9 Å². The van der Waals surface area contributed by atoms with Crippen molar-refractivity contribution < 1.29 is 34.4 Å². The number of nitrogens with zero attached hydrogens (tertiary/aromatic N) is 1. The normalized spacial score (nSPS) is 14.5. The molecule has 1 saturated heterocycles. The number of benzene rings is 2. The Morgan fingerprint density at radius 3 is 1.74 bits per heavy atom. The average Bonchev–Trinajstić information content (AvgIpc) is 2.83. The lowest BCUT2D eigenvalue weighted by atomic mass is 10.00. The number of carbonyl (C=O) groups excluding carboxylic acids is 3. The number of aliphatic carboxylic acids is 3. The second-order valence-electron chi connectivity index (χ2n) is 7.83. The zero-order valence-corrected chi connectivity index (χ0v) is 18.8. The van der Waals surface area contributed by atoms with Crippen LogP contribution in [-0.2, 0) is 19.1 Å². The molecule has 0 atom stereocenters. The number of hydrogen-bond acceptors (Lipinski definition) is 8. The lowest BCUT2D eigenvalue weighted by Gasteiger charge is -2.34. The molecule has 0 N–H and O–H groups in total. The van der Waals surface area contributed by atoms with Crippen molar-refractivity contribution in [3.05, 3.63) is 83.9 Å². The predicted octanol–water partition coefficient (Wildman–Crippen LogP) is -0.170. The summed E-state index contributed by atoms with van der Waals surface area (Å²) in [6, 6.07) is 20.7. The lowest BCUT2D eigenvalue weighted by molar-refractivity contribution is -0.306. The molecule has 1 fully saturated rings. The number of carbonyl (C=O) groups is 3. The van der Waals surface area contributed by atoms with Crippen LogP contribution in [0.1, 0.15) is 42.9 Å². The SMILES string of the molecule is O=C([O-])/C=C/C(=O)[O-].O=C([O-])CCCN1CCC(OC(c2ccccc2)c2ccccc2)CC1. The van der Waals surface area contributed by atoms with Crippen LogP contribution >= 0.6 is 0 Å². The van der Waals surface area contributed by atoms with Gasteiger partial charge in [-0.05, 0) is 55.5 Å². The van der Waals surface area contributed by atoms with Crippen molar-refractivity contribution in [3.63, 3.8) is 0 Å². The molecule has 8 heteroatoms. The Labute approximate surface area is 199 Å². The largest absolute Gasteiger partial charge is 0.550 e. The van der Waals surface area contributed by atoms with E-state index in [0.717, 1.165) is 32.5 Å². The second kappa shape index (κ2) is 14.6. The van der Waals surface area contributed by atoms with Crippen LogP contribution in [0, 0.1) is 0 Å². The summed E-state index contributed by atoms with van der Waals surface area (Å²) in [6.07, 6.45) is 3.68. The summed E-state index contributed by atoms with van der Waals surface area (Å²) in [6.45, 7) is 2.73. The first-order valence-corrected chi connectivity index (χ1v) is 11.1. The number of rotatable bonds is 10. The molecule has 1 aliphatic heterocycles. The van der Waals surface area contributed by atoms with E-state index in [-0.39, 0.29) is 18.6 Å². The number of piperidine rings is 1. The molecule has 0 amide bonds. The average molecular weight is 467 g/mol. The van der Waals surface area contributed by atoms with E-state index in [0.29, 0.717) is 18.6 Å². The Balaban J connectivity index is 0.000000440. The van der Waals surface area contributed by atoms with Gasteiger partial charge in [-0.1, -0.05) is 60.7 Å². The number of likely N-dealkylation sites (tertiary alicyclic amines) is 1. The van der Waals surface area contributed by atoms with Crippen LogP contribution in [0.3, 0.4) is 0 Å². The molecule has 0 bridgehead atoms. The molecule has 8 nitrogen and oxygen atoms in total. The predicted molar refractivity (Wildman–Crippen MR) is 119 cm³/mol. The molecule has 1 heterocycles. The summed E-state index contributed by atoms with van der Waals surface area (Å²) in [5.41, 5.74) is 2.35. The van der Waals surface area contributed by atoms with E-state index in [1.807, 2.05) is 12.1 Å². The fraction of sp³-hybridized carbons (Fsp3) is 0.346. The van der Waals surface area contributed by atoms with E-state index in [1.165, 1.54) is 11.1 Å². The van der Waals surface area contributed by atoms with E-state index in [1.54, 1.807) is 0 Å². The van der Waals surface area contributed by atoms with Gasteiger partial charge in [-0.25, -0.2) is 0 Å². The molecular weight excluding hydrogens is 438 g/mol. The minimum Gasteiger partial charge on any atom is -0.550 e. The molecule has 182 valence electrons. The number of carboxylic acid groups (broad SMARTS) is 3. The van der Waals surface area contributed by atoms with Gasteiger partial charge in [0.1, 0.15) is 6.10 Å². The van der Waals surface area contributed by atoms with E-state index in [4.69, 9.17) is 4.74 Å². The third-order valence-corrected chi connectivity index (χ3v) is 5.28. The van der Waals surface area contributed by atoms with Crippen LogP contribution in [0.4, 0.5) is 0 Å². The molecule has 1 aliphatic rings. The molecule has 0 saturated carbocycles. The minimum absolute atomic E-state index is 0.0490. The van der Waals surface area contributed by atoms with Crippen LogP contribution in [0.25, 0.3) is 0 Å². The quantitative estimate of drug-likeness (QED) is 0.441. The Morgan fingerprint density at radius 2 is 1.32 bits per heavy atom. The molecular formula is C26H28NO7-3. The Kier molecular flexibility index (Phi) is 11.5. The van der Waals surface area contributed by atoms with Crippen LogP contribution in [-0.4, -0.2) is 48.5 Å². The Bertz CT molecular complexity index is 867. The van der Waals surface area contributed by atoms with E-state index >= 15 is 0 Å². The van der Waals surface area contributed by atoms with Gasteiger partial charge in [0.25, 0.3) is 0 Å². The van der Waals surface area contributed by atoms with Gasteiger partial charge in [0.2, 0.25) is 0 Å². The molecule has 2 aromatic rings. The van der Waals surface area contributed by atoms with Gasteiger partial charge in [-0.3, -0.25) is 0 Å². The number of hydrogen-bond donors (Lipinski definition) is 0. The summed E-state index contributed by atoms with van der Waals surface area (Å²) >= 11 is 0. The van der Waals surface area contributed by atoms with Gasteiger partial charge in [0.15, 0.2) is 0 Å². The van der Waals surface area contributed by atoms with Crippen LogP contribution in [0.15, 0.2) is 72.8 Å². The molecule has 34 heavy (non-hydrogen) atoms. The fourth-order valence-electron chi connectivity index (χ4n) is 3.65. The zero-order chi connectivity index (χ0) is 24.8. The topological polar surface area (TPSA) is 133 Å². The van der Waals surface area contributed by atoms with E-state index < -0.39 is 17.9 Å². The lowest BCUT2D eigenvalue weighted by Crippen LogP contribution is -2.38. The minimum atomic E-state index is -1.55. The number of carboxylic acids is 3. The van der Waals surface area contributed by atoms with Crippen molar-refractivity contribution >= 4 is 17.9 Å². The first-order chi connectivity index (χ1) is 16.3. The van der Waals surface area contributed by atoms with Gasteiger partial charge in [0, 0.05) is 19.1 Å². The highest BCUT2D eigenvalue weighted by molar-refractivity contribution is 5.87. The van der Waals surface area contributed by atoms with Crippen LogP contribution < -0.4 is 15.3 Å². The maximum atomic E-state index is 10.5. The Morgan fingerprint density at radius 1 is 0.853 bits per heavy atom. The molecule has 0 spiro atoms.